The summed E-state index contributed by atoms with van der Waals surface area (Å²) < 4.78 is 5.98. The molecule has 0 N–H and O–H groups in total. The molecule has 1 saturated heterocycles. The third kappa shape index (κ3) is 3.97. The number of hydrogen-bond acceptors (Lipinski definition) is 2. The minimum atomic E-state index is 0.427. The maximum absolute atomic E-state index is 6.05. The van der Waals surface area contributed by atoms with Gasteiger partial charge >= 0.3 is 0 Å². The van der Waals surface area contributed by atoms with E-state index in [1.54, 1.807) is 6.07 Å². The van der Waals surface area contributed by atoms with Crippen LogP contribution in [0.4, 0.5) is 0 Å². The van der Waals surface area contributed by atoms with E-state index in [1.807, 2.05) is 36.4 Å². The highest BCUT2D eigenvalue weighted by atomic mass is 35.5. The van der Waals surface area contributed by atoms with Crippen LogP contribution in [0, 0.1) is 0 Å². The van der Waals surface area contributed by atoms with Gasteiger partial charge in [-0.25, -0.2) is 0 Å². The first-order valence-electron chi connectivity index (χ1n) is 7.60. The molecule has 23 heavy (non-hydrogen) atoms. The first-order valence-corrected chi connectivity index (χ1v) is 8.76. The molecule has 0 bridgehead atoms. The molecule has 2 nitrogen and oxygen atoms in total. The average Bonchev–Trinajstić information content (AvgIpc) is 3.10. The minimum Gasteiger partial charge on any atom is -0.488 e. The van der Waals surface area contributed by atoms with Crippen LogP contribution >= 0.6 is 35.4 Å². The highest BCUT2D eigenvalue weighted by Gasteiger charge is 2.18. The van der Waals surface area contributed by atoms with Gasteiger partial charge in [0.05, 0.1) is 15.6 Å². The SMILES string of the molecule is S=C(c1ccccc1OCc1ccc(Cl)c(Cl)c1)N1CCCC1. The van der Waals surface area contributed by atoms with Crippen molar-refractivity contribution in [1.29, 1.82) is 0 Å². The van der Waals surface area contributed by atoms with Crippen molar-refractivity contribution >= 4 is 40.4 Å². The van der Waals surface area contributed by atoms with Gasteiger partial charge in [-0.15, -0.1) is 0 Å². The number of thiocarbonyl (C=S) groups is 1. The Balaban J connectivity index is 1.75. The molecule has 0 amide bonds. The summed E-state index contributed by atoms with van der Waals surface area (Å²) in [7, 11) is 0. The molecule has 1 aliphatic heterocycles. The van der Waals surface area contributed by atoms with Crippen LogP contribution in [-0.4, -0.2) is 23.0 Å². The predicted octanol–water partition coefficient (Wildman–Crippen LogP) is 5.34. The molecule has 0 aromatic heterocycles. The number of likely N-dealkylation sites (tertiary alicyclic amines) is 1. The molecule has 0 spiro atoms. The van der Waals surface area contributed by atoms with Gasteiger partial charge in [0.1, 0.15) is 17.3 Å². The molecule has 1 heterocycles. The van der Waals surface area contributed by atoms with Gasteiger partial charge < -0.3 is 9.64 Å². The predicted molar refractivity (Wildman–Crippen MR) is 99.7 cm³/mol. The third-order valence-corrected chi connectivity index (χ3v) is 5.11. The van der Waals surface area contributed by atoms with Gasteiger partial charge in [0.25, 0.3) is 0 Å². The molecule has 1 fully saturated rings. The zero-order chi connectivity index (χ0) is 16.2. The fraction of sp³-hybridized carbons (Fsp3) is 0.278. The summed E-state index contributed by atoms with van der Waals surface area (Å²) in [6, 6.07) is 13.4. The average molecular weight is 366 g/mol. The highest BCUT2D eigenvalue weighted by molar-refractivity contribution is 7.80. The van der Waals surface area contributed by atoms with Crippen molar-refractivity contribution in [1.82, 2.24) is 4.90 Å². The second-order valence-corrected chi connectivity index (χ2v) is 6.73. The molecule has 0 aliphatic carbocycles. The molecule has 0 unspecified atom stereocenters. The molecule has 0 atom stereocenters. The summed E-state index contributed by atoms with van der Waals surface area (Å²) in [5, 5.41) is 1.08. The normalized spacial score (nSPS) is 14.1. The third-order valence-electron chi connectivity index (χ3n) is 3.89. The molecular formula is C18H17Cl2NOS. The summed E-state index contributed by atoms with van der Waals surface area (Å²) in [5.41, 5.74) is 1.95. The van der Waals surface area contributed by atoms with E-state index in [0.29, 0.717) is 16.7 Å². The summed E-state index contributed by atoms with van der Waals surface area (Å²) in [5.74, 6) is 0.801. The standard InChI is InChI=1S/C18H17Cl2NOS/c19-15-8-7-13(11-16(15)20)12-22-17-6-2-1-5-14(17)18(23)21-9-3-4-10-21/h1-2,5-8,11H,3-4,9-10,12H2. The molecule has 5 heteroatoms. The van der Waals surface area contributed by atoms with Crippen molar-refractivity contribution in [3.63, 3.8) is 0 Å². The monoisotopic (exact) mass is 365 g/mol. The van der Waals surface area contributed by atoms with Crippen molar-refractivity contribution in [2.75, 3.05) is 13.1 Å². The Bertz CT molecular complexity index is 714. The van der Waals surface area contributed by atoms with E-state index in [1.165, 1.54) is 12.8 Å². The van der Waals surface area contributed by atoms with E-state index in [4.69, 9.17) is 40.2 Å². The second kappa shape index (κ2) is 7.52. The largest absolute Gasteiger partial charge is 0.488 e. The van der Waals surface area contributed by atoms with Gasteiger partial charge in [-0.05, 0) is 42.7 Å². The van der Waals surface area contributed by atoms with Gasteiger partial charge in [0.15, 0.2) is 0 Å². The van der Waals surface area contributed by atoms with Crippen LogP contribution in [0.5, 0.6) is 5.75 Å². The van der Waals surface area contributed by atoms with Crippen LogP contribution < -0.4 is 4.74 Å². The van der Waals surface area contributed by atoms with Gasteiger partial charge in [-0.3, -0.25) is 0 Å². The van der Waals surface area contributed by atoms with E-state index in [9.17, 15) is 0 Å². The fourth-order valence-corrected chi connectivity index (χ4v) is 3.32. The van der Waals surface area contributed by atoms with Crippen LogP contribution in [0.15, 0.2) is 42.5 Å². The molecule has 3 rings (SSSR count). The molecular weight excluding hydrogens is 349 g/mol. The topological polar surface area (TPSA) is 12.5 Å². The number of para-hydroxylation sites is 1. The minimum absolute atomic E-state index is 0.427. The molecule has 0 saturated carbocycles. The fourth-order valence-electron chi connectivity index (χ4n) is 2.65. The Labute approximate surface area is 152 Å². The van der Waals surface area contributed by atoms with Crippen molar-refractivity contribution in [3.8, 4) is 5.75 Å². The highest BCUT2D eigenvalue weighted by Crippen LogP contribution is 2.26. The van der Waals surface area contributed by atoms with Gasteiger partial charge in [0, 0.05) is 13.1 Å². The maximum Gasteiger partial charge on any atom is 0.130 e. The van der Waals surface area contributed by atoms with Crippen molar-refractivity contribution in [3.05, 3.63) is 63.6 Å². The van der Waals surface area contributed by atoms with E-state index >= 15 is 0 Å². The Morgan fingerprint density at radius 1 is 1.04 bits per heavy atom. The van der Waals surface area contributed by atoms with Crippen LogP contribution in [0.25, 0.3) is 0 Å². The Morgan fingerprint density at radius 3 is 2.52 bits per heavy atom. The zero-order valence-corrected chi connectivity index (χ0v) is 14.9. The lowest BCUT2D eigenvalue weighted by molar-refractivity contribution is 0.305. The van der Waals surface area contributed by atoms with Crippen LogP contribution in [-0.2, 0) is 6.61 Å². The molecule has 1 aliphatic rings. The van der Waals surface area contributed by atoms with Crippen molar-refractivity contribution in [2.24, 2.45) is 0 Å². The van der Waals surface area contributed by atoms with Crippen molar-refractivity contribution < 1.29 is 4.74 Å². The lowest BCUT2D eigenvalue weighted by Crippen LogP contribution is -2.27. The number of benzene rings is 2. The van der Waals surface area contributed by atoms with E-state index in [-0.39, 0.29) is 0 Å². The summed E-state index contributed by atoms with van der Waals surface area (Å²) in [6.45, 7) is 2.48. The smallest absolute Gasteiger partial charge is 0.130 e. The number of ether oxygens (including phenoxy) is 1. The second-order valence-electron chi connectivity index (χ2n) is 5.53. The first kappa shape index (κ1) is 16.6. The Morgan fingerprint density at radius 2 is 1.78 bits per heavy atom. The molecule has 120 valence electrons. The zero-order valence-electron chi connectivity index (χ0n) is 12.6. The Hall–Kier alpha value is -1.29. The first-order chi connectivity index (χ1) is 11.1. The number of halogens is 2. The Kier molecular flexibility index (Phi) is 5.42. The van der Waals surface area contributed by atoms with E-state index < -0.39 is 0 Å². The quantitative estimate of drug-likeness (QED) is 0.678. The van der Waals surface area contributed by atoms with E-state index in [2.05, 4.69) is 4.90 Å². The molecule has 0 radical (unpaired) electrons. The van der Waals surface area contributed by atoms with E-state index in [0.717, 1.165) is 35.0 Å². The lowest BCUT2D eigenvalue weighted by atomic mass is 10.2. The summed E-state index contributed by atoms with van der Waals surface area (Å²) in [4.78, 5) is 3.11. The number of nitrogens with zero attached hydrogens (tertiary/aromatic N) is 1. The van der Waals surface area contributed by atoms with Gasteiger partial charge in [0.2, 0.25) is 0 Å². The van der Waals surface area contributed by atoms with Gasteiger partial charge in [-0.1, -0.05) is 53.6 Å². The number of rotatable bonds is 4. The maximum atomic E-state index is 6.05. The lowest BCUT2D eigenvalue weighted by Gasteiger charge is -2.20. The summed E-state index contributed by atoms with van der Waals surface area (Å²) >= 11 is 17.6. The molecule has 2 aromatic rings. The molecule has 2 aromatic carbocycles. The number of hydrogen-bond donors (Lipinski definition) is 0. The van der Waals surface area contributed by atoms with Crippen LogP contribution in [0.2, 0.25) is 10.0 Å². The van der Waals surface area contributed by atoms with Gasteiger partial charge in [-0.2, -0.15) is 0 Å². The van der Waals surface area contributed by atoms with Crippen LogP contribution in [0.3, 0.4) is 0 Å². The van der Waals surface area contributed by atoms with Crippen LogP contribution in [0.1, 0.15) is 24.0 Å². The summed E-state index contributed by atoms with van der Waals surface area (Å²) in [6.07, 6.45) is 2.40. The van der Waals surface area contributed by atoms with Crippen molar-refractivity contribution in [2.45, 2.75) is 19.4 Å².